The Labute approximate surface area is 87.7 Å². The van der Waals surface area contributed by atoms with Crippen LogP contribution in [0.15, 0.2) is 24.3 Å². The first-order valence-corrected chi connectivity index (χ1v) is 4.41. The van der Waals surface area contributed by atoms with Gasteiger partial charge in [0.2, 0.25) is 0 Å². The number of quaternary nitrogens is 2. The summed E-state index contributed by atoms with van der Waals surface area (Å²) < 4.78 is 0. The summed E-state index contributed by atoms with van der Waals surface area (Å²) in [5, 5.41) is 21.3. The van der Waals surface area contributed by atoms with Gasteiger partial charge in [-0.05, 0) is 12.1 Å². The average Bonchev–Trinajstić information content (AvgIpc) is 2.29. The van der Waals surface area contributed by atoms with E-state index in [9.17, 15) is 10.4 Å². The number of hydrogen-bond donors (Lipinski definition) is 2. The molecular formula is C9H14N2O4. The van der Waals surface area contributed by atoms with Crippen LogP contribution in [-0.4, -0.2) is 14.2 Å². The smallest absolute Gasteiger partial charge is 0.163 e. The molecule has 1 aromatic carbocycles. The lowest BCUT2D eigenvalue weighted by molar-refractivity contribution is -1.06. The SMILES string of the molecule is CO[NH+]([O-])Cc1ccc([NH+]([O-])OC)cc1. The van der Waals surface area contributed by atoms with Gasteiger partial charge in [0.25, 0.3) is 0 Å². The molecule has 2 atom stereocenters. The van der Waals surface area contributed by atoms with Crippen molar-refractivity contribution in [2.45, 2.75) is 6.54 Å². The van der Waals surface area contributed by atoms with Crippen molar-refractivity contribution in [1.29, 1.82) is 0 Å². The van der Waals surface area contributed by atoms with Crippen molar-refractivity contribution in [3.8, 4) is 0 Å². The normalized spacial score (nSPS) is 14.9. The van der Waals surface area contributed by atoms with Crippen LogP contribution in [0.2, 0.25) is 0 Å². The van der Waals surface area contributed by atoms with E-state index >= 15 is 0 Å². The molecule has 2 N–H and O–H groups in total. The van der Waals surface area contributed by atoms with E-state index in [4.69, 9.17) is 0 Å². The fourth-order valence-electron chi connectivity index (χ4n) is 1.12. The molecule has 2 unspecified atom stereocenters. The molecule has 6 heteroatoms. The fraction of sp³-hybridized carbons (Fsp3) is 0.333. The molecule has 0 heterocycles. The van der Waals surface area contributed by atoms with Crippen molar-refractivity contribution in [3.63, 3.8) is 0 Å². The van der Waals surface area contributed by atoms with E-state index in [0.717, 1.165) is 5.56 Å². The predicted molar refractivity (Wildman–Crippen MR) is 52.5 cm³/mol. The molecular weight excluding hydrogens is 200 g/mol. The highest BCUT2D eigenvalue weighted by Gasteiger charge is 2.03. The van der Waals surface area contributed by atoms with Gasteiger partial charge in [-0.15, -0.1) is 0 Å². The highest BCUT2D eigenvalue weighted by Crippen LogP contribution is 2.04. The molecule has 0 amide bonds. The van der Waals surface area contributed by atoms with E-state index in [1.807, 2.05) is 0 Å². The van der Waals surface area contributed by atoms with Crippen LogP contribution < -0.4 is 10.5 Å². The van der Waals surface area contributed by atoms with Gasteiger partial charge in [0.15, 0.2) is 5.69 Å². The van der Waals surface area contributed by atoms with E-state index in [0.29, 0.717) is 5.69 Å². The first-order chi connectivity index (χ1) is 7.17. The Morgan fingerprint density at radius 1 is 1.07 bits per heavy atom. The summed E-state index contributed by atoms with van der Waals surface area (Å²) in [5.41, 5.74) is 1.26. The van der Waals surface area contributed by atoms with Gasteiger partial charge in [0, 0.05) is 17.7 Å². The van der Waals surface area contributed by atoms with E-state index in [2.05, 4.69) is 9.68 Å². The third kappa shape index (κ3) is 3.56. The molecule has 1 rings (SSSR count). The van der Waals surface area contributed by atoms with Crippen molar-refractivity contribution in [3.05, 3.63) is 40.2 Å². The molecule has 0 bridgehead atoms. The molecule has 15 heavy (non-hydrogen) atoms. The van der Waals surface area contributed by atoms with Crippen LogP contribution in [0.1, 0.15) is 5.56 Å². The zero-order valence-electron chi connectivity index (χ0n) is 8.65. The molecule has 0 aromatic heterocycles. The Bertz CT molecular complexity index is 291. The zero-order chi connectivity index (χ0) is 11.3. The minimum Gasteiger partial charge on any atom is -0.600 e. The Morgan fingerprint density at radius 2 is 1.67 bits per heavy atom. The quantitative estimate of drug-likeness (QED) is 0.598. The van der Waals surface area contributed by atoms with E-state index in [1.54, 1.807) is 24.3 Å². The van der Waals surface area contributed by atoms with Crippen molar-refractivity contribution in [2.75, 3.05) is 14.2 Å². The molecule has 0 spiro atoms. The van der Waals surface area contributed by atoms with Gasteiger partial charge < -0.3 is 10.4 Å². The monoisotopic (exact) mass is 214 g/mol. The van der Waals surface area contributed by atoms with Gasteiger partial charge >= 0.3 is 0 Å². The van der Waals surface area contributed by atoms with Crippen molar-refractivity contribution in [1.82, 2.24) is 0 Å². The zero-order valence-corrected chi connectivity index (χ0v) is 8.65. The van der Waals surface area contributed by atoms with Crippen molar-refractivity contribution in [2.24, 2.45) is 0 Å². The summed E-state index contributed by atoms with van der Waals surface area (Å²) in [4.78, 5) is 9.07. The molecule has 0 aliphatic rings. The van der Waals surface area contributed by atoms with Gasteiger partial charge in [-0.2, -0.15) is 5.23 Å². The summed E-state index contributed by atoms with van der Waals surface area (Å²) in [5.74, 6) is 0. The summed E-state index contributed by atoms with van der Waals surface area (Å²) in [6.07, 6.45) is 0. The molecule has 0 saturated heterocycles. The average molecular weight is 214 g/mol. The second-order valence-corrected chi connectivity index (χ2v) is 2.94. The molecule has 84 valence electrons. The minimum absolute atomic E-state index is 0.206. The Morgan fingerprint density at radius 3 is 2.13 bits per heavy atom. The summed E-state index contributed by atoms with van der Waals surface area (Å²) in [6.45, 7) is 0.206. The topological polar surface area (TPSA) is 73.5 Å². The number of rotatable bonds is 5. The Hall–Kier alpha value is -1.02. The second kappa shape index (κ2) is 5.76. The van der Waals surface area contributed by atoms with Crippen LogP contribution >= 0.6 is 0 Å². The lowest BCUT2D eigenvalue weighted by atomic mass is 10.2. The molecule has 1 aromatic rings. The molecule has 0 aliphatic heterocycles. The van der Waals surface area contributed by atoms with Gasteiger partial charge in [-0.1, -0.05) is 0 Å². The van der Waals surface area contributed by atoms with E-state index in [-0.39, 0.29) is 17.0 Å². The Balaban J connectivity index is 2.64. The van der Waals surface area contributed by atoms with E-state index in [1.165, 1.54) is 14.2 Å². The number of hydroxylamine groups is 2. The van der Waals surface area contributed by atoms with Gasteiger partial charge in [-0.25, -0.2) is 14.9 Å². The molecule has 0 radical (unpaired) electrons. The largest absolute Gasteiger partial charge is 0.600 e. The Kier molecular flexibility index (Phi) is 4.63. The lowest BCUT2D eigenvalue weighted by Crippen LogP contribution is -3.04. The second-order valence-electron chi connectivity index (χ2n) is 2.94. The fourth-order valence-corrected chi connectivity index (χ4v) is 1.12. The summed E-state index contributed by atoms with van der Waals surface area (Å²) >= 11 is 0. The van der Waals surface area contributed by atoms with E-state index < -0.39 is 0 Å². The van der Waals surface area contributed by atoms with Crippen LogP contribution in [0.3, 0.4) is 0 Å². The molecule has 0 fully saturated rings. The number of hydrogen-bond acceptors (Lipinski definition) is 4. The summed E-state index contributed by atoms with van der Waals surface area (Å²) in [6, 6.07) is 6.63. The highest BCUT2D eigenvalue weighted by molar-refractivity contribution is 5.31. The standard InChI is InChI=1S/C9H14N2O4/c1-14-10(12)7-8-3-5-9(6-4-8)11(13)15-2/h3-6,10-11H,7H2,1-2H3. The number of nitrogens with one attached hydrogen (secondary N) is 2. The molecule has 0 saturated carbocycles. The highest BCUT2D eigenvalue weighted by atomic mass is 16.9. The van der Waals surface area contributed by atoms with Crippen molar-refractivity contribution < 1.29 is 20.1 Å². The first-order valence-electron chi connectivity index (χ1n) is 4.41. The van der Waals surface area contributed by atoms with Crippen LogP contribution in [0.25, 0.3) is 0 Å². The predicted octanol–water partition coefficient (Wildman–Crippen LogP) is -1.29. The maximum Gasteiger partial charge on any atom is 0.163 e. The maximum atomic E-state index is 11.1. The third-order valence-electron chi connectivity index (χ3n) is 1.95. The number of benzene rings is 1. The van der Waals surface area contributed by atoms with Crippen LogP contribution in [0.5, 0.6) is 0 Å². The van der Waals surface area contributed by atoms with Gasteiger partial charge in [0.05, 0.1) is 14.2 Å². The maximum absolute atomic E-state index is 11.1. The third-order valence-corrected chi connectivity index (χ3v) is 1.95. The van der Waals surface area contributed by atoms with Crippen molar-refractivity contribution >= 4 is 5.69 Å². The van der Waals surface area contributed by atoms with Crippen LogP contribution in [-0.2, 0) is 16.2 Å². The van der Waals surface area contributed by atoms with Crippen LogP contribution in [0, 0.1) is 10.4 Å². The van der Waals surface area contributed by atoms with Crippen LogP contribution in [0.4, 0.5) is 5.69 Å². The minimum atomic E-state index is -0.389. The first kappa shape index (κ1) is 12.1. The van der Waals surface area contributed by atoms with Gasteiger partial charge in [-0.3, -0.25) is 0 Å². The van der Waals surface area contributed by atoms with Gasteiger partial charge in [0.1, 0.15) is 6.54 Å². The summed E-state index contributed by atoms with van der Waals surface area (Å²) in [7, 11) is 2.66. The molecule has 6 nitrogen and oxygen atoms in total. The molecule has 0 aliphatic carbocycles. The lowest BCUT2D eigenvalue weighted by Gasteiger charge is -2.18.